The number of likely N-dealkylation sites (tertiary alicyclic amines) is 1. The first-order valence-corrected chi connectivity index (χ1v) is 19.6. The monoisotopic (exact) mass is 700 g/mol. The average Bonchev–Trinajstić information content (AvgIpc) is 3.65. The van der Waals surface area contributed by atoms with Gasteiger partial charge < -0.3 is 15.5 Å². The van der Waals surface area contributed by atoms with Gasteiger partial charge in [0.1, 0.15) is 6.07 Å². The van der Waals surface area contributed by atoms with Crippen LogP contribution in [-0.4, -0.2) is 48.7 Å². The van der Waals surface area contributed by atoms with Gasteiger partial charge in [-0.25, -0.2) is 0 Å². The van der Waals surface area contributed by atoms with E-state index in [0.717, 1.165) is 86.5 Å². The molecule has 0 spiro atoms. The number of hydrogen-bond donors (Lipinski definition) is 3. The molecular weight excluding hydrogens is 640 g/mol. The highest BCUT2D eigenvalue weighted by atomic mass is 32.1. The molecule has 6 nitrogen and oxygen atoms in total. The number of aliphatic imine (C=N–C) groups is 1. The van der Waals surface area contributed by atoms with Crippen LogP contribution in [0.25, 0.3) is 0 Å². The fourth-order valence-corrected chi connectivity index (χ4v) is 9.22. The summed E-state index contributed by atoms with van der Waals surface area (Å²) in [6, 6.07) is 3.02. The highest BCUT2D eigenvalue weighted by Crippen LogP contribution is 2.43. The second kappa shape index (κ2) is 19.4. The van der Waals surface area contributed by atoms with Crippen molar-refractivity contribution in [2.24, 2.45) is 10.4 Å². The van der Waals surface area contributed by atoms with Crippen LogP contribution >= 0.6 is 20.6 Å². The molecule has 1 saturated heterocycles. The largest absolute Gasteiger partial charge is 0.391 e. The summed E-state index contributed by atoms with van der Waals surface area (Å²) in [6.07, 6.45) is 27.1. The molecular formula is C41H61N6PS. The number of nitrogens with one attached hydrogen (secondary N) is 3. The average molecular weight is 701 g/mol. The second-order valence-corrected chi connectivity index (χ2v) is 17.0. The molecule has 4 unspecified atom stereocenters. The van der Waals surface area contributed by atoms with Gasteiger partial charge >= 0.3 is 0 Å². The number of fused-ring (bicyclic) bond motifs is 1. The quantitative estimate of drug-likeness (QED) is 0.0561. The van der Waals surface area contributed by atoms with Gasteiger partial charge in [-0.15, -0.1) is 24.2 Å². The molecule has 0 radical (unpaired) electrons. The Morgan fingerprint density at radius 2 is 2.04 bits per heavy atom. The second-order valence-electron chi connectivity index (χ2n) is 14.9. The minimum Gasteiger partial charge on any atom is -0.391 e. The maximum absolute atomic E-state index is 10.1. The summed E-state index contributed by atoms with van der Waals surface area (Å²) >= 11 is 1.76. The van der Waals surface area contributed by atoms with Gasteiger partial charge in [0.25, 0.3) is 0 Å². The van der Waals surface area contributed by atoms with Gasteiger partial charge in [-0.1, -0.05) is 61.6 Å². The molecule has 4 rings (SSSR count). The fourth-order valence-electron chi connectivity index (χ4n) is 7.45. The molecule has 266 valence electrons. The van der Waals surface area contributed by atoms with E-state index < -0.39 is 0 Å². The summed E-state index contributed by atoms with van der Waals surface area (Å²) in [5.41, 5.74) is 7.64. The molecule has 1 aromatic rings. The predicted molar refractivity (Wildman–Crippen MR) is 216 cm³/mol. The Morgan fingerprint density at radius 3 is 2.67 bits per heavy atom. The Bertz CT molecular complexity index is 1490. The normalized spacial score (nSPS) is 21.6. The molecule has 0 amide bonds. The number of hydrogen-bond acceptors (Lipinski definition) is 7. The smallest absolute Gasteiger partial charge is 0.151 e. The van der Waals surface area contributed by atoms with Crippen molar-refractivity contribution in [3.63, 3.8) is 0 Å². The Morgan fingerprint density at radius 1 is 1.29 bits per heavy atom. The lowest BCUT2D eigenvalue weighted by Gasteiger charge is -2.29. The van der Waals surface area contributed by atoms with Crippen molar-refractivity contribution < 1.29 is 0 Å². The number of amidine groups is 1. The van der Waals surface area contributed by atoms with E-state index in [1.54, 1.807) is 17.5 Å². The van der Waals surface area contributed by atoms with Gasteiger partial charge in [-0.2, -0.15) is 5.26 Å². The van der Waals surface area contributed by atoms with Crippen molar-refractivity contribution >= 4 is 36.7 Å². The maximum Gasteiger partial charge on any atom is 0.151 e. The zero-order valence-corrected chi connectivity index (χ0v) is 33.0. The molecule has 0 aromatic carbocycles. The summed E-state index contributed by atoms with van der Waals surface area (Å²) in [5.74, 6) is 0.869. The third-order valence-electron chi connectivity index (χ3n) is 10.2. The molecule has 3 heterocycles. The van der Waals surface area contributed by atoms with Gasteiger partial charge in [-0.05, 0) is 126 Å². The van der Waals surface area contributed by atoms with Crippen LogP contribution in [0.2, 0.25) is 0 Å². The van der Waals surface area contributed by atoms with E-state index in [2.05, 4.69) is 104 Å². The summed E-state index contributed by atoms with van der Waals surface area (Å²) in [6.45, 7) is 17.2. The lowest BCUT2D eigenvalue weighted by atomic mass is 9.78. The van der Waals surface area contributed by atoms with Crippen LogP contribution < -0.4 is 15.3 Å². The zero-order chi connectivity index (χ0) is 36.1. The number of thiophene rings is 1. The van der Waals surface area contributed by atoms with Gasteiger partial charge in [0.2, 0.25) is 0 Å². The topological polar surface area (TPSA) is 87.3 Å². The van der Waals surface area contributed by atoms with Crippen molar-refractivity contribution in [2.75, 3.05) is 20.1 Å². The number of allylic oxidation sites excluding steroid dienone is 3. The fraction of sp³-hybridized carbons (Fsp3) is 0.585. The van der Waals surface area contributed by atoms with Crippen molar-refractivity contribution in [2.45, 2.75) is 130 Å². The van der Waals surface area contributed by atoms with Crippen LogP contribution in [0.4, 0.5) is 0 Å². The summed E-state index contributed by atoms with van der Waals surface area (Å²) in [4.78, 5) is 9.16. The van der Waals surface area contributed by atoms with Crippen LogP contribution in [-0.2, 0) is 6.42 Å². The van der Waals surface area contributed by atoms with Crippen LogP contribution in [0, 0.1) is 35.0 Å². The minimum absolute atomic E-state index is 0.0966. The number of aryl methyl sites for hydroxylation is 1. The first-order chi connectivity index (χ1) is 23.5. The van der Waals surface area contributed by atoms with Crippen LogP contribution in [0.5, 0.6) is 0 Å². The van der Waals surface area contributed by atoms with Crippen molar-refractivity contribution in [1.82, 2.24) is 15.5 Å². The number of terminal acetylenes is 1. The molecule has 3 N–H and O–H groups in total. The predicted octanol–water partition coefficient (Wildman–Crippen LogP) is 8.93. The van der Waals surface area contributed by atoms with Gasteiger partial charge in [0.15, 0.2) is 5.84 Å². The third-order valence-corrected chi connectivity index (χ3v) is 11.9. The van der Waals surface area contributed by atoms with E-state index >= 15 is 0 Å². The van der Waals surface area contributed by atoms with E-state index in [0.29, 0.717) is 17.6 Å². The Balaban J connectivity index is 0.00000319. The first-order valence-electron chi connectivity index (χ1n) is 18.2. The molecule has 3 aliphatic rings. The maximum atomic E-state index is 10.1. The third kappa shape index (κ3) is 11.0. The van der Waals surface area contributed by atoms with E-state index in [1.807, 2.05) is 0 Å². The molecule has 2 aliphatic heterocycles. The first kappa shape index (κ1) is 40.5. The summed E-state index contributed by atoms with van der Waals surface area (Å²) < 4.78 is 1.05. The van der Waals surface area contributed by atoms with Gasteiger partial charge in [-0.3, -0.25) is 10.4 Å². The van der Waals surface area contributed by atoms with Crippen LogP contribution in [0.1, 0.15) is 127 Å². The van der Waals surface area contributed by atoms with Crippen LogP contribution in [0.15, 0.2) is 52.3 Å². The standard InChI is InChI=1S/C39H59N6PS.C2H2/c1-8-13-31(26(3)30-16-10-17-34-35(30)32(25-40)38(46)47-34)36(41)37-43-28(18-19-29-15-12-23-45(29)7)24-33(44-37)27(20-22-42-9-2)14-11-21-39(4,5)6;1-2/h9,14,24,29-30,33,41-42H,2,8,10-13,15-23,46H2,1,3-7H3,(H,43,44);1-2H/b27-14+,31-26+,41-36?;. The zero-order valence-electron chi connectivity index (χ0n) is 31.1. The van der Waals surface area contributed by atoms with E-state index in [9.17, 15) is 10.7 Å². The molecule has 1 fully saturated rings. The van der Waals surface area contributed by atoms with Crippen molar-refractivity contribution in [1.29, 1.82) is 10.7 Å². The lowest BCUT2D eigenvalue weighted by Crippen LogP contribution is -2.38. The summed E-state index contributed by atoms with van der Waals surface area (Å²) in [7, 11) is 5.04. The highest BCUT2D eigenvalue weighted by Gasteiger charge is 2.32. The number of rotatable bonds is 15. The highest BCUT2D eigenvalue weighted by molar-refractivity contribution is 7.43. The number of nitriles is 1. The summed E-state index contributed by atoms with van der Waals surface area (Å²) in [5, 5.41) is 26.8. The van der Waals surface area contributed by atoms with Crippen molar-refractivity contribution in [3.05, 3.63) is 63.4 Å². The molecule has 0 bridgehead atoms. The van der Waals surface area contributed by atoms with E-state index in [-0.39, 0.29) is 17.4 Å². The van der Waals surface area contributed by atoms with E-state index in [4.69, 9.17) is 4.99 Å². The van der Waals surface area contributed by atoms with Gasteiger partial charge in [0, 0.05) is 33.7 Å². The molecule has 49 heavy (non-hydrogen) atoms. The number of nitrogens with zero attached hydrogens (tertiary/aromatic N) is 3. The Hall–Kier alpha value is -2.96. The van der Waals surface area contributed by atoms with Gasteiger partial charge in [0.05, 0.1) is 17.3 Å². The molecule has 1 aliphatic carbocycles. The van der Waals surface area contributed by atoms with Crippen molar-refractivity contribution in [3.8, 4) is 18.9 Å². The molecule has 8 heteroatoms. The Labute approximate surface area is 304 Å². The molecule has 0 saturated carbocycles. The Kier molecular flexibility index (Phi) is 16.1. The molecule has 1 aromatic heterocycles. The SMILES string of the molecule is C#C.C=CNCC/C(=C\CCC(C)(C)C)C1C=C(CCC2CCCN2C)NC(C(=N)/C(CCC)=C(\C)C2CCCc3sc(P)c(C#N)c32)=N1. The minimum atomic E-state index is -0.0966. The lowest BCUT2D eigenvalue weighted by molar-refractivity contribution is 0.296. The van der Waals surface area contributed by atoms with E-state index in [1.165, 1.54) is 46.7 Å². The van der Waals surface area contributed by atoms with Crippen LogP contribution in [0.3, 0.4) is 0 Å². The molecule has 4 atom stereocenters.